The summed E-state index contributed by atoms with van der Waals surface area (Å²) in [5.41, 5.74) is 1.15. The van der Waals surface area contributed by atoms with Crippen LogP contribution in [0.2, 0.25) is 0 Å². The van der Waals surface area contributed by atoms with Gasteiger partial charge in [0.1, 0.15) is 11.5 Å². The average Bonchev–Trinajstić information content (AvgIpc) is 2.98. The van der Waals surface area contributed by atoms with Crippen LogP contribution in [0.5, 0.6) is 0 Å². The average molecular weight is 272 g/mol. The Morgan fingerprint density at radius 3 is 2.65 bits per heavy atom. The van der Waals surface area contributed by atoms with Crippen molar-refractivity contribution < 1.29 is 4.39 Å². The zero-order valence-corrected chi connectivity index (χ0v) is 11.2. The first-order chi connectivity index (χ1) is 9.81. The topological polar surface area (TPSA) is 34.0 Å². The molecule has 3 aliphatic rings. The summed E-state index contributed by atoms with van der Waals surface area (Å²) < 4.78 is 15.7. The third kappa shape index (κ3) is 1.93. The standard InChI is InChI=1S/C15H17FN4/c16-13-4-2-1-3-12(13)14-9-20(18-17-14)15-10-19-7-5-11(15)6-8-19/h1-4,9,11,15H,5-8,10H2. The molecule has 4 heterocycles. The first-order valence-electron chi connectivity index (χ1n) is 7.20. The number of halogens is 1. The second-order valence-electron chi connectivity index (χ2n) is 5.77. The van der Waals surface area contributed by atoms with Crippen LogP contribution in [-0.4, -0.2) is 39.5 Å². The van der Waals surface area contributed by atoms with Crippen molar-refractivity contribution in [3.63, 3.8) is 0 Å². The van der Waals surface area contributed by atoms with Crippen LogP contribution in [0.15, 0.2) is 30.5 Å². The Balaban J connectivity index is 1.64. The lowest BCUT2D eigenvalue weighted by molar-refractivity contribution is 0.0504. The van der Waals surface area contributed by atoms with Crippen molar-refractivity contribution in [2.24, 2.45) is 5.92 Å². The number of benzene rings is 1. The molecule has 104 valence electrons. The molecule has 1 atom stereocenters. The van der Waals surface area contributed by atoms with E-state index in [4.69, 9.17) is 0 Å². The van der Waals surface area contributed by atoms with Gasteiger partial charge >= 0.3 is 0 Å². The van der Waals surface area contributed by atoms with E-state index < -0.39 is 0 Å². The van der Waals surface area contributed by atoms with E-state index in [1.165, 1.54) is 32.0 Å². The maximum Gasteiger partial charge on any atom is 0.132 e. The molecule has 0 spiro atoms. The van der Waals surface area contributed by atoms with Crippen LogP contribution < -0.4 is 0 Å². The summed E-state index contributed by atoms with van der Waals surface area (Å²) in [6, 6.07) is 7.12. The van der Waals surface area contributed by atoms with E-state index in [0.29, 0.717) is 23.2 Å². The van der Waals surface area contributed by atoms with Crippen molar-refractivity contribution >= 4 is 0 Å². The molecule has 5 rings (SSSR count). The quantitative estimate of drug-likeness (QED) is 0.841. The van der Waals surface area contributed by atoms with Gasteiger partial charge in [-0.15, -0.1) is 5.10 Å². The molecule has 5 heteroatoms. The number of aromatic nitrogens is 3. The molecule has 3 aliphatic heterocycles. The van der Waals surface area contributed by atoms with E-state index in [1.807, 2.05) is 16.9 Å². The summed E-state index contributed by atoms with van der Waals surface area (Å²) >= 11 is 0. The van der Waals surface area contributed by atoms with Gasteiger partial charge in [-0.05, 0) is 44.0 Å². The van der Waals surface area contributed by atoms with Crippen LogP contribution in [-0.2, 0) is 0 Å². The van der Waals surface area contributed by atoms with Crippen LogP contribution in [0, 0.1) is 11.7 Å². The van der Waals surface area contributed by atoms with Gasteiger partial charge in [-0.2, -0.15) is 0 Å². The number of hydrogen-bond acceptors (Lipinski definition) is 3. The fourth-order valence-corrected chi connectivity index (χ4v) is 3.46. The van der Waals surface area contributed by atoms with Crippen LogP contribution in [0.4, 0.5) is 4.39 Å². The lowest BCUT2D eigenvalue weighted by Crippen LogP contribution is -2.48. The molecule has 2 aromatic rings. The normalized spacial score (nSPS) is 28.8. The smallest absolute Gasteiger partial charge is 0.132 e. The number of fused-ring (bicyclic) bond motifs is 3. The molecule has 20 heavy (non-hydrogen) atoms. The predicted molar refractivity (Wildman–Crippen MR) is 73.6 cm³/mol. The van der Waals surface area contributed by atoms with Crippen molar-refractivity contribution in [3.05, 3.63) is 36.3 Å². The van der Waals surface area contributed by atoms with Crippen LogP contribution in [0.1, 0.15) is 18.9 Å². The van der Waals surface area contributed by atoms with Gasteiger partial charge < -0.3 is 4.90 Å². The van der Waals surface area contributed by atoms with Gasteiger partial charge in [0.05, 0.1) is 12.2 Å². The van der Waals surface area contributed by atoms with Crippen molar-refractivity contribution in [3.8, 4) is 11.3 Å². The molecule has 0 aliphatic carbocycles. The molecule has 0 radical (unpaired) electrons. The molecular weight excluding hydrogens is 255 g/mol. The highest BCUT2D eigenvalue weighted by molar-refractivity contribution is 5.58. The minimum absolute atomic E-state index is 0.242. The van der Waals surface area contributed by atoms with E-state index in [-0.39, 0.29) is 5.82 Å². The minimum Gasteiger partial charge on any atom is -0.301 e. The van der Waals surface area contributed by atoms with E-state index in [1.54, 1.807) is 12.1 Å². The van der Waals surface area contributed by atoms with E-state index >= 15 is 0 Å². The Kier molecular flexibility index (Phi) is 2.80. The molecule has 1 aromatic heterocycles. The van der Waals surface area contributed by atoms with Gasteiger partial charge in [-0.25, -0.2) is 9.07 Å². The number of rotatable bonds is 2. The molecule has 0 saturated carbocycles. The van der Waals surface area contributed by atoms with Gasteiger partial charge in [0, 0.05) is 12.1 Å². The van der Waals surface area contributed by atoms with Crippen molar-refractivity contribution in [2.75, 3.05) is 19.6 Å². The van der Waals surface area contributed by atoms with Gasteiger partial charge in [0.15, 0.2) is 0 Å². The van der Waals surface area contributed by atoms with Gasteiger partial charge in [-0.1, -0.05) is 17.3 Å². The van der Waals surface area contributed by atoms with Gasteiger partial charge in [-0.3, -0.25) is 0 Å². The minimum atomic E-state index is -0.242. The molecule has 2 bridgehead atoms. The maximum absolute atomic E-state index is 13.8. The second kappa shape index (κ2) is 4.66. The molecule has 1 unspecified atom stereocenters. The zero-order chi connectivity index (χ0) is 13.5. The lowest BCUT2D eigenvalue weighted by Gasteiger charge is -2.44. The highest BCUT2D eigenvalue weighted by Crippen LogP contribution is 2.35. The van der Waals surface area contributed by atoms with E-state index in [2.05, 4.69) is 15.2 Å². The summed E-state index contributed by atoms with van der Waals surface area (Å²) in [4.78, 5) is 2.48. The molecule has 1 aromatic carbocycles. The van der Waals surface area contributed by atoms with Gasteiger partial charge in [0.25, 0.3) is 0 Å². The van der Waals surface area contributed by atoms with Crippen molar-refractivity contribution in [1.82, 2.24) is 19.9 Å². The molecule has 0 amide bonds. The molecule has 0 N–H and O–H groups in total. The first-order valence-corrected chi connectivity index (χ1v) is 7.20. The Hall–Kier alpha value is -1.75. The summed E-state index contributed by atoms with van der Waals surface area (Å²) in [6.07, 6.45) is 4.37. The Labute approximate surface area is 117 Å². The second-order valence-corrected chi connectivity index (χ2v) is 5.77. The largest absolute Gasteiger partial charge is 0.301 e. The Morgan fingerprint density at radius 1 is 1.15 bits per heavy atom. The lowest BCUT2D eigenvalue weighted by atomic mass is 9.84. The monoisotopic (exact) mass is 272 g/mol. The highest BCUT2D eigenvalue weighted by Gasteiger charge is 2.35. The summed E-state index contributed by atoms with van der Waals surface area (Å²) in [5, 5.41) is 8.41. The van der Waals surface area contributed by atoms with Crippen LogP contribution in [0.3, 0.4) is 0 Å². The Bertz CT molecular complexity index is 616. The van der Waals surface area contributed by atoms with E-state index in [9.17, 15) is 4.39 Å². The molecule has 3 fully saturated rings. The summed E-state index contributed by atoms with van der Waals surface area (Å²) in [5.74, 6) is 0.448. The third-order valence-corrected chi connectivity index (χ3v) is 4.62. The fourth-order valence-electron chi connectivity index (χ4n) is 3.46. The van der Waals surface area contributed by atoms with Crippen molar-refractivity contribution in [2.45, 2.75) is 18.9 Å². The highest BCUT2D eigenvalue weighted by atomic mass is 19.1. The fraction of sp³-hybridized carbons (Fsp3) is 0.467. The van der Waals surface area contributed by atoms with Gasteiger partial charge in [0.2, 0.25) is 0 Å². The van der Waals surface area contributed by atoms with E-state index in [0.717, 1.165) is 6.54 Å². The number of hydrogen-bond donors (Lipinski definition) is 0. The predicted octanol–water partition coefficient (Wildman–Crippen LogP) is 2.35. The molecule has 3 saturated heterocycles. The van der Waals surface area contributed by atoms with Crippen molar-refractivity contribution in [1.29, 1.82) is 0 Å². The zero-order valence-electron chi connectivity index (χ0n) is 11.2. The number of piperidine rings is 3. The SMILES string of the molecule is Fc1ccccc1-c1cn(C2CN3CCC2CC3)nn1. The first kappa shape index (κ1) is 12.0. The van der Waals surface area contributed by atoms with Crippen LogP contribution in [0.25, 0.3) is 11.3 Å². The molecular formula is C15H17FN4. The molecule has 4 nitrogen and oxygen atoms in total. The van der Waals surface area contributed by atoms with Crippen LogP contribution >= 0.6 is 0 Å². The summed E-state index contributed by atoms with van der Waals surface area (Å²) in [6.45, 7) is 3.46. The number of nitrogens with zero attached hydrogens (tertiary/aromatic N) is 4. The Morgan fingerprint density at radius 2 is 1.95 bits per heavy atom. The maximum atomic E-state index is 13.8. The third-order valence-electron chi connectivity index (χ3n) is 4.62. The summed E-state index contributed by atoms with van der Waals surface area (Å²) in [7, 11) is 0.